The SMILES string of the molecule is COc1ccc(NC(=O)NC2(C(N)=S)CCCC2)cc1. The number of hydrogen-bond donors (Lipinski definition) is 3. The van der Waals surface area contributed by atoms with Crippen LogP contribution in [0.25, 0.3) is 0 Å². The van der Waals surface area contributed by atoms with Gasteiger partial charge in [0, 0.05) is 5.69 Å². The van der Waals surface area contributed by atoms with Crippen molar-refractivity contribution in [3.05, 3.63) is 24.3 Å². The van der Waals surface area contributed by atoms with Gasteiger partial charge in [0.2, 0.25) is 0 Å². The molecule has 2 rings (SSSR count). The van der Waals surface area contributed by atoms with Gasteiger partial charge in [-0.25, -0.2) is 4.79 Å². The maximum absolute atomic E-state index is 12.1. The standard InChI is InChI=1S/C14H19N3O2S/c1-19-11-6-4-10(5-7-11)16-13(18)17-14(12(15)20)8-2-3-9-14/h4-7H,2-3,8-9H2,1H3,(H2,15,20)(H2,16,17,18). The Kier molecular flexibility index (Phi) is 4.44. The van der Waals surface area contributed by atoms with E-state index in [-0.39, 0.29) is 6.03 Å². The predicted octanol–water partition coefficient (Wildman–Crippen LogP) is 2.42. The Morgan fingerprint density at radius 3 is 2.40 bits per heavy atom. The van der Waals surface area contributed by atoms with E-state index in [1.807, 2.05) is 0 Å². The normalized spacial score (nSPS) is 16.4. The molecule has 108 valence electrons. The predicted molar refractivity (Wildman–Crippen MR) is 83.1 cm³/mol. The van der Waals surface area contributed by atoms with E-state index < -0.39 is 5.54 Å². The second-order valence-corrected chi connectivity index (χ2v) is 5.40. The number of amides is 2. The van der Waals surface area contributed by atoms with Crippen LogP contribution in [-0.4, -0.2) is 23.7 Å². The van der Waals surface area contributed by atoms with Crippen LogP contribution in [0.4, 0.5) is 10.5 Å². The van der Waals surface area contributed by atoms with Gasteiger partial charge in [0.05, 0.1) is 17.6 Å². The topological polar surface area (TPSA) is 76.4 Å². The number of carbonyl (C=O) groups is 1. The molecule has 0 aromatic heterocycles. The molecule has 0 unspecified atom stereocenters. The monoisotopic (exact) mass is 293 g/mol. The van der Waals surface area contributed by atoms with E-state index in [1.165, 1.54) is 0 Å². The molecule has 1 aromatic rings. The van der Waals surface area contributed by atoms with Gasteiger partial charge in [-0.05, 0) is 37.1 Å². The summed E-state index contributed by atoms with van der Waals surface area (Å²) in [4.78, 5) is 12.4. The van der Waals surface area contributed by atoms with E-state index in [0.29, 0.717) is 10.7 Å². The number of thiocarbonyl (C=S) groups is 1. The number of nitrogens with one attached hydrogen (secondary N) is 2. The van der Waals surface area contributed by atoms with Crippen LogP contribution < -0.4 is 21.1 Å². The molecule has 1 aromatic carbocycles. The number of anilines is 1. The zero-order valence-corrected chi connectivity index (χ0v) is 12.3. The summed E-state index contributed by atoms with van der Waals surface area (Å²) in [5.74, 6) is 0.742. The smallest absolute Gasteiger partial charge is 0.320 e. The molecule has 0 saturated heterocycles. The van der Waals surface area contributed by atoms with E-state index in [0.717, 1.165) is 31.4 Å². The quantitative estimate of drug-likeness (QED) is 0.745. The first-order valence-electron chi connectivity index (χ1n) is 6.59. The summed E-state index contributed by atoms with van der Waals surface area (Å²) in [6.45, 7) is 0. The number of nitrogens with two attached hydrogens (primary N) is 1. The number of methoxy groups -OCH3 is 1. The fraction of sp³-hybridized carbons (Fsp3) is 0.429. The van der Waals surface area contributed by atoms with Gasteiger partial charge >= 0.3 is 6.03 Å². The fourth-order valence-electron chi connectivity index (χ4n) is 2.47. The van der Waals surface area contributed by atoms with Crippen molar-refractivity contribution >= 4 is 28.9 Å². The number of benzene rings is 1. The number of urea groups is 1. The lowest BCUT2D eigenvalue weighted by atomic mass is 9.98. The molecule has 5 nitrogen and oxygen atoms in total. The minimum Gasteiger partial charge on any atom is -0.497 e. The van der Waals surface area contributed by atoms with Crippen LogP contribution in [-0.2, 0) is 0 Å². The molecule has 0 atom stereocenters. The first-order chi connectivity index (χ1) is 9.55. The van der Waals surface area contributed by atoms with Gasteiger partial charge in [-0.15, -0.1) is 0 Å². The van der Waals surface area contributed by atoms with Crippen molar-refractivity contribution < 1.29 is 9.53 Å². The van der Waals surface area contributed by atoms with Crippen LogP contribution in [0, 0.1) is 0 Å². The first kappa shape index (κ1) is 14.6. The molecule has 0 spiro atoms. The molecule has 20 heavy (non-hydrogen) atoms. The Morgan fingerprint density at radius 1 is 1.30 bits per heavy atom. The van der Waals surface area contributed by atoms with Crippen molar-refractivity contribution in [1.82, 2.24) is 5.32 Å². The summed E-state index contributed by atoms with van der Waals surface area (Å²) in [6.07, 6.45) is 3.66. The molecule has 1 saturated carbocycles. The third-order valence-electron chi connectivity index (χ3n) is 3.63. The molecule has 2 amide bonds. The molecule has 0 heterocycles. The van der Waals surface area contributed by atoms with Gasteiger partial charge in [0.15, 0.2) is 0 Å². The third kappa shape index (κ3) is 3.19. The van der Waals surface area contributed by atoms with Crippen molar-refractivity contribution in [2.45, 2.75) is 31.2 Å². The molecule has 0 bridgehead atoms. The third-order valence-corrected chi connectivity index (χ3v) is 4.02. The molecule has 6 heteroatoms. The van der Waals surface area contributed by atoms with Crippen LogP contribution in [0.2, 0.25) is 0 Å². The maximum Gasteiger partial charge on any atom is 0.320 e. The fourth-order valence-corrected chi connectivity index (χ4v) is 2.72. The number of hydrogen-bond acceptors (Lipinski definition) is 3. The Balaban J connectivity index is 1.99. The molecule has 1 aliphatic carbocycles. The lowest BCUT2D eigenvalue weighted by Gasteiger charge is -2.29. The van der Waals surface area contributed by atoms with Gasteiger partial charge in [0.1, 0.15) is 5.75 Å². The lowest BCUT2D eigenvalue weighted by molar-refractivity contribution is 0.245. The Morgan fingerprint density at radius 2 is 1.90 bits per heavy atom. The second kappa shape index (κ2) is 6.09. The van der Waals surface area contributed by atoms with E-state index in [1.54, 1.807) is 31.4 Å². The van der Waals surface area contributed by atoms with Crippen molar-refractivity contribution in [1.29, 1.82) is 0 Å². The average Bonchev–Trinajstić information content (AvgIpc) is 2.89. The van der Waals surface area contributed by atoms with Gasteiger partial charge in [-0.2, -0.15) is 0 Å². The largest absolute Gasteiger partial charge is 0.497 e. The average molecular weight is 293 g/mol. The molecule has 4 N–H and O–H groups in total. The van der Waals surface area contributed by atoms with E-state index in [9.17, 15) is 4.79 Å². The first-order valence-corrected chi connectivity index (χ1v) is 7.00. The summed E-state index contributed by atoms with van der Waals surface area (Å²) in [6, 6.07) is 6.84. The van der Waals surface area contributed by atoms with Crippen molar-refractivity contribution in [2.24, 2.45) is 5.73 Å². The van der Waals surface area contributed by atoms with Gasteiger partial charge in [0.25, 0.3) is 0 Å². The van der Waals surface area contributed by atoms with Gasteiger partial charge < -0.3 is 21.1 Å². The highest BCUT2D eigenvalue weighted by molar-refractivity contribution is 7.80. The molecule has 1 fully saturated rings. The molecular formula is C14H19N3O2S. The summed E-state index contributed by atoms with van der Waals surface area (Å²) in [5, 5.41) is 5.70. The van der Waals surface area contributed by atoms with Crippen molar-refractivity contribution in [2.75, 3.05) is 12.4 Å². The van der Waals surface area contributed by atoms with Crippen LogP contribution in [0.5, 0.6) is 5.75 Å². The highest BCUT2D eigenvalue weighted by Gasteiger charge is 2.38. The van der Waals surface area contributed by atoms with Crippen LogP contribution in [0.15, 0.2) is 24.3 Å². The number of rotatable bonds is 4. The highest BCUT2D eigenvalue weighted by atomic mass is 32.1. The number of carbonyl (C=O) groups excluding carboxylic acids is 1. The van der Waals surface area contributed by atoms with Crippen LogP contribution in [0.1, 0.15) is 25.7 Å². The van der Waals surface area contributed by atoms with Crippen molar-refractivity contribution in [3.8, 4) is 5.75 Å². The van der Waals surface area contributed by atoms with Crippen molar-refractivity contribution in [3.63, 3.8) is 0 Å². The van der Waals surface area contributed by atoms with E-state index in [4.69, 9.17) is 22.7 Å². The van der Waals surface area contributed by atoms with Crippen LogP contribution in [0.3, 0.4) is 0 Å². The zero-order valence-electron chi connectivity index (χ0n) is 11.4. The Hall–Kier alpha value is -1.82. The molecule has 0 aliphatic heterocycles. The maximum atomic E-state index is 12.1. The minimum absolute atomic E-state index is 0.287. The van der Waals surface area contributed by atoms with E-state index in [2.05, 4.69) is 10.6 Å². The van der Waals surface area contributed by atoms with Crippen LogP contribution >= 0.6 is 12.2 Å². The Bertz CT molecular complexity index is 496. The summed E-state index contributed by atoms with van der Waals surface area (Å²) in [5.41, 5.74) is 5.94. The molecule has 0 radical (unpaired) electrons. The number of ether oxygens (including phenoxy) is 1. The highest BCUT2D eigenvalue weighted by Crippen LogP contribution is 2.30. The molecular weight excluding hydrogens is 274 g/mol. The lowest BCUT2D eigenvalue weighted by Crippen LogP contribution is -2.55. The van der Waals surface area contributed by atoms with E-state index >= 15 is 0 Å². The second-order valence-electron chi connectivity index (χ2n) is 4.96. The summed E-state index contributed by atoms with van der Waals surface area (Å²) >= 11 is 5.10. The summed E-state index contributed by atoms with van der Waals surface area (Å²) in [7, 11) is 1.60. The van der Waals surface area contributed by atoms with Gasteiger partial charge in [-0.1, -0.05) is 25.1 Å². The molecule has 1 aliphatic rings. The van der Waals surface area contributed by atoms with Gasteiger partial charge in [-0.3, -0.25) is 0 Å². The summed E-state index contributed by atoms with van der Waals surface area (Å²) < 4.78 is 5.07. The Labute approximate surface area is 123 Å². The zero-order chi connectivity index (χ0) is 14.6. The minimum atomic E-state index is -0.536.